The molecule has 0 aliphatic rings. The Balaban J connectivity index is 2.03. The molecule has 0 fully saturated rings. The number of nitro groups is 1. The van der Waals surface area contributed by atoms with Gasteiger partial charge in [0.15, 0.2) is 12.4 Å². The first kappa shape index (κ1) is 17.1. The van der Waals surface area contributed by atoms with Crippen molar-refractivity contribution in [3.8, 4) is 5.75 Å². The van der Waals surface area contributed by atoms with Crippen LogP contribution < -0.4 is 10.1 Å². The molecule has 0 aromatic heterocycles. The highest BCUT2D eigenvalue weighted by atomic mass is 35.5. The monoisotopic (exact) mass is 354 g/mol. The van der Waals surface area contributed by atoms with E-state index in [-0.39, 0.29) is 23.1 Å². The molecule has 2 rings (SSSR count). The molecule has 8 heteroatoms. The highest BCUT2D eigenvalue weighted by Crippen LogP contribution is 2.28. The van der Waals surface area contributed by atoms with Crippen molar-refractivity contribution >= 4 is 40.5 Å². The summed E-state index contributed by atoms with van der Waals surface area (Å²) in [7, 11) is 0. The first-order valence-electron chi connectivity index (χ1n) is 6.49. The first-order chi connectivity index (χ1) is 10.9. The van der Waals surface area contributed by atoms with E-state index in [4.69, 9.17) is 27.9 Å². The van der Waals surface area contributed by atoms with E-state index in [1.54, 1.807) is 25.1 Å². The van der Waals surface area contributed by atoms with E-state index in [1.807, 2.05) is 0 Å². The van der Waals surface area contributed by atoms with E-state index in [9.17, 15) is 14.9 Å². The Morgan fingerprint density at radius 1 is 1.26 bits per heavy atom. The minimum absolute atomic E-state index is 0.0259. The van der Waals surface area contributed by atoms with Crippen molar-refractivity contribution in [3.63, 3.8) is 0 Å². The Morgan fingerprint density at radius 3 is 2.65 bits per heavy atom. The van der Waals surface area contributed by atoms with E-state index < -0.39 is 10.8 Å². The molecule has 0 saturated heterocycles. The number of rotatable bonds is 5. The van der Waals surface area contributed by atoms with Crippen LogP contribution in [0.25, 0.3) is 0 Å². The number of carbonyl (C=O) groups excluding carboxylic acids is 1. The lowest BCUT2D eigenvalue weighted by atomic mass is 10.2. The van der Waals surface area contributed by atoms with Crippen molar-refractivity contribution in [2.75, 3.05) is 11.9 Å². The minimum Gasteiger partial charge on any atom is -0.477 e. The fourth-order valence-electron chi connectivity index (χ4n) is 1.81. The molecule has 0 heterocycles. The summed E-state index contributed by atoms with van der Waals surface area (Å²) >= 11 is 11.7. The summed E-state index contributed by atoms with van der Waals surface area (Å²) in [5, 5.41) is 14.3. The van der Waals surface area contributed by atoms with Crippen LogP contribution in [0.2, 0.25) is 10.0 Å². The maximum absolute atomic E-state index is 11.9. The third kappa shape index (κ3) is 4.58. The molecule has 0 unspecified atom stereocenters. The zero-order chi connectivity index (χ0) is 17.0. The van der Waals surface area contributed by atoms with Crippen LogP contribution in [0.5, 0.6) is 5.75 Å². The number of hydrogen-bond donors (Lipinski definition) is 1. The molecule has 1 N–H and O–H groups in total. The summed E-state index contributed by atoms with van der Waals surface area (Å²) in [5.74, 6) is -0.470. The molecule has 0 bridgehead atoms. The number of carbonyl (C=O) groups is 1. The second kappa shape index (κ2) is 7.30. The van der Waals surface area contributed by atoms with Crippen LogP contribution in [0, 0.1) is 17.0 Å². The number of aryl methyl sites for hydroxylation is 1. The summed E-state index contributed by atoms with van der Waals surface area (Å²) in [6, 6.07) is 9.12. The number of nitrogens with one attached hydrogen (secondary N) is 1. The Kier molecular flexibility index (Phi) is 5.41. The van der Waals surface area contributed by atoms with Crippen LogP contribution in [0.3, 0.4) is 0 Å². The van der Waals surface area contributed by atoms with Crippen LogP contribution in [-0.2, 0) is 4.79 Å². The number of amides is 1. The number of ether oxygens (including phenoxy) is 1. The van der Waals surface area contributed by atoms with Gasteiger partial charge >= 0.3 is 5.69 Å². The van der Waals surface area contributed by atoms with Gasteiger partial charge in [-0.25, -0.2) is 0 Å². The number of nitrogens with zero attached hydrogens (tertiary/aromatic N) is 1. The van der Waals surface area contributed by atoms with Crippen molar-refractivity contribution < 1.29 is 14.5 Å². The van der Waals surface area contributed by atoms with Gasteiger partial charge in [-0.05, 0) is 36.8 Å². The molecule has 120 valence electrons. The fraction of sp³-hybridized carbons (Fsp3) is 0.133. The van der Waals surface area contributed by atoms with Gasteiger partial charge in [0, 0.05) is 11.1 Å². The Hall–Kier alpha value is -2.31. The third-order valence-corrected chi connectivity index (χ3v) is 3.42. The SMILES string of the molecule is Cc1ccc(OCC(=O)Nc2ccc(Cl)cc2Cl)c([N+](=O)[O-])c1. The average Bonchev–Trinajstić information content (AvgIpc) is 2.48. The molecule has 1 amide bonds. The molecule has 2 aromatic carbocycles. The highest BCUT2D eigenvalue weighted by molar-refractivity contribution is 6.36. The number of hydrogen-bond acceptors (Lipinski definition) is 4. The number of benzene rings is 2. The highest BCUT2D eigenvalue weighted by Gasteiger charge is 2.16. The average molecular weight is 355 g/mol. The van der Waals surface area contributed by atoms with Gasteiger partial charge < -0.3 is 10.1 Å². The Labute approximate surface area is 142 Å². The number of nitro benzene ring substituents is 1. The van der Waals surface area contributed by atoms with Gasteiger partial charge in [-0.1, -0.05) is 29.3 Å². The molecule has 0 saturated carbocycles. The zero-order valence-electron chi connectivity index (χ0n) is 12.0. The molecule has 6 nitrogen and oxygen atoms in total. The van der Waals surface area contributed by atoms with Crippen molar-refractivity contribution in [2.24, 2.45) is 0 Å². The summed E-state index contributed by atoms with van der Waals surface area (Å²) in [6.45, 7) is 1.34. The predicted molar refractivity (Wildman–Crippen MR) is 88.4 cm³/mol. The number of anilines is 1. The lowest BCUT2D eigenvalue weighted by molar-refractivity contribution is -0.385. The van der Waals surface area contributed by atoms with Gasteiger partial charge in [0.05, 0.1) is 15.6 Å². The summed E-state index contributed by atoms with van der Waals surface area (Å²) in [6.07, 6.45) is 0. The summed E-state index contributed by atoms with van der Waals surface area (Å²) in [4.78, 5) is 22.3. The lowest BCUT2D eigenvalue weighted by Gasteiger charge is -2.09. The molecule has 0 spiro atoms. The lowest BCUT2D eigenvalue weighted by Crippen LogP contribution is -2.20. The van der Waals surface area contributed by atoms with Crippen LogP contribution in [0.15, 0.2) is 36.4 Å². The van der Waals surface area contributed by atoms with Gasteiger partial charge in [-0.3, -0.25) is 14.9 Å². The molecule has 0 aliphatic carbocycles. The smallest absolute Gasteiger partial charge is 0.311 e. The summed E-state index contributed by atoms with van der Waals surface area (Å²) in [5.41, 5.74) is 0.909. The molecule has 2 aromatic rings. The maximum Gasteiger partial charge on any atom is 0.311 e. The van der Waals surface area contributed by atoms with Gasteiger partial charge in [0.2, 0.25) is 0 Å². The van der Waals surface area contributed by atoms with Crippen LogP contribution in [0.4, 0.5) is 11.4 Å². The van der Waals surface area contributed by atoms with Gasteiger partial charge in [0.1, 0.15) is 0 Å². The van der Waals surface area contributed by atoms with Crippen LogP contribution in [-0.4, -0.2) is 17.4 Å². The second-order valence-electron chi connectivity index (χ2n) is 4.69. The normalized spacial score (nSPS) is 10.2. The van der Waals surface area contributed by atoms with E-state index in [1.165, 1.54) is 18.2 Å². The van der Waals surface area contributed by atoms with E-state index in [0.29, 0.717) is 10.7 Å². The molecule has 0 aliphatic heterocycles. The number of halogens is 2. The van der Waals surface area contributed by atoms with Crippen LogP contribution in [0.1, 0.15) is 5.56 Å². The topological polar surface area (TPSA) is 81.5 Å². The van der Waals surface area contributed by atoms with Crippen molar-refractivity contribution in [1.82, 2.24) is 0 Å². The van der Waals surface area contributed by atoms with Crippen molar-refractivity contribution in [2.45, 2.75) is 6.92 Å². The Bertz CT molecular complexity index is 765. The van der Waals surface area contributed by atoms with Crippen molar-refractivity contribution in [1.29, 1.82) is 0 Å². The van der Waals surface area contributed by atoms with Gasteiger partial charge in [0.25, 0.3) is 5.91 Å². The quantitative estimate of drug-likeness (QED) is 0.643. The molecule has 0 atom stereocenters. The molecule has 0 radical (unpaired) electrons. The van der Waals surface area contributed by atoms with Crippen LogP contribution >= 0.6 is 23.2 Å². The fourth-order valence-corrected chi connectivity index (χ4v) is 2.27. The van der Waals surface area contributed by atoms with Gasteiger partial charge in [-0.2, -0.15) is 0 Å². The predicted octanol–water partition coefficient (Wildman–Crippen LogP) is 4.23. The van der Waals surface area contributed by atoms with Crippen molar-refractivity contribution in [3.05, 3.63) is 62.1 Å². The standard InChI is InChI=1S/C15H12Cl2N2O4/c1-9-2-5-14(13(6-9)19(21)22)23-8-15(20)18-12-4-3-10(16)7-11(12)17/h2-7H,8H2,1H3,(H,18,20). The third-order valence-electron chi connectivity index (χ3n) is 2.88. The largest absolute Gasteiger partial charge is 0.477 e. The summed E-state index contributed by atoms with van der Waals surface area (Å²) < 4.78 is 5.23. The zero-order valence-corrected chi connectivity index (χ0v) is 13.5. The first-order valence-corrected chi connectivity index (χ1v) is 7.25. The van der Waals surface area contributed by atoms with E-state index in [2.05, 4.69) is 5.32 Å². The Morgan fingerprint density at radius 2 is 2.00 bits per heavy atom. The molecular formula is C15H12Cl2N2O4. The van der Waals surface area contributed by atoms with Gasteiger partial charge in [-0.15, -0.1) is 0 Å². The minimum atomic E-state index is -0.559. The van der Waals surface area contributed by atoms with E-state index >= 15 is 0 Å². The molecule has 23 heavy (non-hydrogen) atoms. The molecular weight excluding hydrogens is 343 g/mol. The van der Waals surface area contributed by atoms with E-state index in [0.717, 1.165) is 5.56 Å². The maximum atomic E-state index is 11.9. The second-order valence-corrected chi connectivity index (χ2v) is 5.53.